The van der Waals surface area contributed by atoms with Gasteiger partial charge in [0.2, 0.25) is 0 Å². The lowest BCUT2D eigenvalue weighted by Crippen LogP contribution is -2.34. The number of aromatic nitrogens is 2. The van der Waals surface area contributed by atoms with Crippen molar-refractivity contribution in [1.82, 2.24) is 9.97 Å². The van der Waals surface area contributed by atoms with Crippen LogP contribution in [0.15, 0.2) is 60.9 Å². The number of fused-ring (bicyclic) bond motifs is 4. The van der Waals surface area contributed by atoms with Crippen LogP contribution in [0.2, 0.25) is 0 Å². The molecule has 9 heteroatoms. The highest BCUT2D eigenvalue weighted by molar-refractivity contribution is 6.20. The van der Waals surface area contributed by atoms with Gasteiger partial charge in [-0.05, 0) is 48.0 Å². The van der Waals surface area contributed by atoms with Crippen LogP contribution >= 0.6 is 0 Å². The third kappa shape index (κ3) is 4.37. The number of anilines is 1. The van der Waals surface area contributed by atoms with Crippen molar-refractivity contribution in [3.05, 3.63) is 88.9 Å². The maximum atomic E-state index is 13.6. The van der Waals surface area contributed by atoms with Crippen LogP contribution in [-0.2, 0) is 5.41 Å². The Morgan fingerprint density at radius 3 is 2.57 bits per heavy atom. The van der Waals surface area contributed by atoms with E-state index >= 15 is 0 Å². The lowest BCUT2D eigenvalue weighted by molar-refractivity contribution is -0.0339. The molecule has 0 radical (unpaired) electrons. The molecular formula is C28H27N3O6. The van der Waals surface area contributed by atoms with Gasteiger partial charge in [0, 0.05) is 51.2 Å². The second-order valence-electron chi connectivity index (χ2n) is 9.62. The van der Waals surface area contributed by atoms with Crippen LogP contribution in [0, 0.1) is 0 Å². The zero-order chi connectivity index (χ0) is 26.3. The summed E-state index contributed by atoms with van der Waals surface area (Å²) in [5.74, 6) is 0.0233. The molecule has 2 atom stereocenters. The number of benzene rings is 2. The molecule has 2 aromatic carbocycles. The van der Waals surface area contributed by atoms with Crippen LogP contribution in [0.3, 0.4) is 0 Å². The number of ketones is 1. The molecule has 0 fully saturated rings. The van der Waals surface area contributed by atoms with Crippen molar-refractivity contribution in [1.29, 1.82) is 0 Å². The number of nitrogens with one attached hydrogen (secondary N) is 2. The highest BCUT2D eigenvalue weighted by Gasteiger charge is 2.40. The molecule has 2 aromatic heterocycles. The predicted molar refractivity (Wildman–Crippen MR) is 137 cm³/mol. The van der Waals surface area contributed by atoms with Gasteiger partial charge in [0.05, 0.1) is 12.2 Å². The molecule has 0 aliphatic heterocycles. The Labute approximate surface area is 212 Å². The fourth-order valence-corrected chi connectivity index (χ4v) is 4.69. The van der Waals surface area contributed by atoms with E-state index in [1.807, 2.05) is 13.8 Å². The summed E-state index contributed by atoms with van der Waals surface area (Å²) in [5, 5.41) is 32.0. The average Bonchev–Trinajstić information content (AvgIpc) is 3.31. The fourth-order valence-electron chi connectivity index (χ4n) is 4.69. The number of carbonyl (C=O) groups excluding carboxylic acids is 2. The van der Waals surface area contributed by atoms with Crippen LogP contribution in [0.1, 0.15) is 51.4 Å². The third-order valence-corrected chi connectivity index (χ3v) is 6.81. The van der Waals surface area contributed by atoms with Crippen LogP contribution in [-0.4, -0.2) is 62.4 Å². The number of carbonyl (C=O) groups is 2. The third-order valence-electron chi connectivity index (χ3n) is 6.81. The fraction of sp³-hybridized carbons (Fsp3) is 0.250. The Morgan fingerprint density at radius 1 is 1.08 bits per heavy atom. The van der Waals surface area contributed by atoms with Crippen molar-refractivity contribution in [3.8, 4) is 5.75 Å². The number of amides is 1. The zero-order valence-corrected chi connectivity index (χ0v) is 20.4. The summed E-state index contributed by atoms with van der Waals surface area (Å²) in [5.41, 5.74) is 3.77. The first kappa shape index (κ1) is 24.6. The van der Waals surface area contributed by atoms with Crippen molar-refractivity contribution < 1.29 is 29.6 Å². The van der Waals surface area contributed by atoms with Gasteiger partial charge in [0.1, 0.15) is 24.6 Å². The summed E-state index contributed by atoms with van der Waals surface area (Å²) in [6.07, 6.45) is 0.641. The van der Waals surface area contributed by atoms with Crippen molar-refractivity contribution >= 4 is 28.3 Å². The van der Waals surface area contributed by atoms with Crippen molar-refractivity contribution in [2.45, 2.75) is 31.5 Å². The molecule has 1 amide bonds. The Bertz CT molecular complexity index is 1490. The molecule has 5 rings (SSSR count). The Kier molecular flexibility index (Phi) is 6.28. The molecule has 37 heavy (non-hydrogen) atoms. The Balaban J connectivity index is 1.47. The van der Waals surface area contributed by atoms with E-state index in [9.17, 15) is 19.8 Å². The quantitative estimate of drug-likeness (QED) is 0.262. The van der Waals surface area contributed by atoms with Gasteiger partial charge in [0.15, 0.2) is 5.78 Å². The molecule has 0 bridgehead atoms. The molecule has 0 saturated heterocycles. The van der Waals surface area contributed by atoms with Crippen LogP contribution in [0.5, 0.6) is 5.75 Å². The maximum absolute atomic E-state index is 13.6. The monoisotopic (exact) mass is 501 g/mol. The summed E-state index contributed by atoms with van der Waals surface area (Å²) < 4.78 is 5.63. The second-order valence-corrected chi connectivity index (χ2v) is 9.62. The summed E-state index contributed by atoms with van der Waals surface area (Å²) in [6, 6.07) is 13.7. The largest absolute Gasteiger partial charge is 0.491 e. The SMILES string of the molecule is CC1(C)c2cc(OCC(O)C(O)CO)ccc2C(=O)c2c1[nH]c1cc(C(=O)Nc3ccncc3)ccc21. The minimum Gasteiger partial charge on any atom is -0.491 e. The minimum atomic E-state index is -1.30. The minimum absolute atomic E-state index is 0.133. The maximum Gasteiger partial charge on any atom is 0.255 e. The number of aliphatic hydroxyl groups excluding tert-OH is 3. The number of rotatable bonds is 7. The molecule has 190 valence electrons. The van der Waals surface area contributed by atoms with Gasteiger partial charge in [-0.1, -0.05) is 19.9 Å². The van der Waals surface area contributed by atoms with Gasteiger partial charge in [-0.3, -0.25) is 14.6 Å². The number of aliphatic hydroxyl groups is 3. The number of aromatic amines is 1. The van der Waals surface area contributed by atoms with Gasteiger partial charge >= 0.3 is 0 Å². The van der Waals surface area contributed by atoms with E-state index < -0.39 is 24.2 Å². The van der Waals surface area contributed by atoms with Crippen molar-refractivity contribution in [2.75, 3.05) is 18.5 Å². The zero-order valence-electron chi connectivity index (χ0n) is 20.4. The highest BCUT2D eigenvalue weighted by atomic mass is 16.5. The smallest absolute Gasteiger partial charge is 0.255 e. The number of ether oxygens (including phenoxy) is 1. The van der Waals surface area contributed by atoms with Gasteiger partial charge < -0.3 is 30.4 Å². The van der Waals surface area contributed by atoms with Crippen molar-refractivity contribution in [3.63, 3.8) is 0 Å². The second kappa shape index (κ2) is 9.44. The molecular weight excluding hydrogens is 474 g/mol. The number of hydrogen-bond acceptors (Lipinski definition) is 7. The van der Waals surface area contributed by atoms with E-state index in [2.05, 4.69) is 15.3 Å². The normalized spacial score (nSPS) is 15.5. The lowest BCUT2D eigenvalue weighted by Gasteiger charge is -2.32. The van der Waals surface area contributed by atoms with Gasteiger partial charge in [-0.15, -0.1) is 0 Å². The van der Waals surface area contributed by atoms with E-state index in [1.165, 1.54) is 0 Å². The molecule has 9 nitrogen and oxygen atoms in total. The van der Waals surface area contributed by atoms with E-state index in [-0.39, 0.29) is 18.3 Å². The predicted octanol–water partition coefficient (Wildman–Crippen LogP) is 2.78. The molecule has 1 aliphatic carbocycles. The number of H-pyrrole nitrogens is 1. The van der Waals surface area contributed by atoms with E-state index in [1.54, 1.807) is 60.9 Å². The topological polar surface area (TPSA) is 145 Å². The molecule has 0 spiro atoms. The summed E-state index contributed by atoms with van der Waals surface area (Å²) in [4.78, 5) is 33.7. The summed E-state index contributed by atoms with van der Waals surface area (Å²) in [7, 11) is 0. The first-order valence-electron chi connectivity index (χ1n) is 11.9. The van der Waals surface area contributed by atoms with Crippen LogP contribution in [0.4, 0.5) is 5.69 Å². The molecule has 0 saturated carbocycles. The van der Waals surface area contributed by atoms with Crippen LogP contribution in [0.25, 0.3) is 10.9 Å². The number of nitrogens with zero attached hydrogens (tertiary/aromatic N) is 1. The number of pyridine rings is 1. The summed E-state index contributed by atoms with van der Waals surface area (Å²) in [6.45, 7) is 3.21. The van der Waals surface area contributed by atoms with Gasteiger partial charge in [-0.25, -0.2) is 0 Å². The Hall–Kier alpha value is -4.05. The number of hydrogen-bond donors (Lipinski definition) is 5. The molecule has 2 heterocycles. The standard InChI is InChI=1S/C28H27N3O6/c1-28(2)20-12-17(37-14-23(34)22(33)13-32)4-6-18(20)25(35)24-19-5-3-15(11-21(19)31-26(24)28)27(36)30-16-7-9-29-10-8-16/h3-12,22-23,31-34H,13-14H2,1-2H3,(H,29,30,36). The Morgan fingerprint density at radius 2 is 1.84 bits per heavy atom. The first-order valence-corrected chi connectivity index (χ1v) is 11.9. The molecule has 1 aliphatic rings. The lowest BCUT2D eigenvalue weighted by atomic mass is 9.71. The highest BCUT2D eigenvalue weighted by Crippen LogP contribution is 2.44. The average molecular weight is 502 g/mol. The van der Waals surface area contributed by atoms with Crippen molar-refractivity contribution in [2.24, 2.45) is 0 Å². The van der Waals surface area contributed by atoms with E-state index in [4.69, 9.17) is 9.84 Å². The van der Waals surface area contributed by atoms with Gasteiger partial charge in [0.25, 0.3) is 5.91 Å². The first-order chi connectivity index (χ1) is 17.7. The summed E-state index contributed by atoms with van der Waals surface area (Å²) >= 11 is 0. The molecule has 5 N–H and O–H groups in total. The van der Waals surface area contributed by atoms with E-state index in [0.29, 0.717) is 33.6 Å². The van der Waals surface area contributed by atoms with E-state index in [0.717, 1.165) is 16.6 Å². The van der Waals surface area contributed by atoms with Crippen LogP contribution < -0.4 is 10.1 Å². The molecule has 2 unspecified atom stereocenters. The molecule has 4 aromatic rings. The van der Waals surface area contributed by atoms with Gasteiger partial charge in [-0.2, -0.15) is 0 Å².